The number of nitrogens with one attached hydrogen (secondary N) is 1. The van der Waals surface area contributed by atoms with Crippen molar-refractivity contribution in [2.45, 2.75) is 6.54 Å². The van der Waals surface area contributed by atoms with Crippen molar-refractivity contribution in [2.75, 3.05) is 12.0 Å². The maximum Gasteiger partial charge on any atom is 0.138 e. The van der Waals surface area contributed by atoms with E-state index in [9.17, 15) is 0 Å². The number of hydrogen-bond acceptors (Lipinski definition) is 4. The highest BCUT2D eigenvalue weighted by molar-refractivity contribution is 5.29. The topological polar surface area (TPSA) is 52.0 Å². The molecule has 0 saturated heterocycles. The quantitative estimate of drug-likeness (QED) is 0.766. The Labute approximate surface area is 99.7 Å². The Kier molecular flexibility index (Phi) is 3.75. The molecular formula is C12H14N4O. The minimum absolute atomic E-state index is 0.516. The standard InChI is InChI=1S/C12H14N4O/c1-2-6-17-12-5-3-4-11(7-12)8-15-16-9-13-14-10-16/h2-5,7,9-10,15H,1,6,8H2. The molecule has 0 radical (unpaired) electrons. The first-order valence-electron chi connectivity index (χ1n) is 5.29. The molecule has 2 aromatic rings. The van der Waals surface area contributed by atoms with E-state index in [1.54, 1.807) is 23.4 Å². The fourth-order valence-corrected chi connectivity index (χ4v) is 1.37. The molecule has 0 aliphatic heterocycles. The van der Waals surface area contributed by atoms with Gasteiger partial charge in [-0.15, -0.1) is 10.2 Å². The van der Waals surface area contributed by atoms with Gasteiger partial charge in [-0.05, 0) is 17.7 Å². The average molecular weight is 230 g/mol. The van der Waals surface area contributed by atoms with Crippen molar-refractivity contribution in [1.29, 1.82) is 0 Å². The number of aromatic nitrogens is 3. The second-order valence-corrected chi connectivity index (χ2v) is 3.45. The van der Waals surface area contributed by atoms with Crippen LogP contribution in [0.4, 0.5) is 0 Å². The van der Waals surface area contributed by atoms with E-state index < -0.39 is 0 Å². The minimum atomic E-state index is 0.516. The Morgan fingerprint density at radius 2 is 2.18 bits per heavy atom. The fourth-order valence-electron chi connectivity index (χ4n) is 1.37. The first-order chi connectivity index (χ1) is 8.38. The summed E-state index contributed by atoms with van der Waals surface area (Å²) >= 11 is 0. The summed E-state index contributed by atoms with van der Waals surface area (Å²) in [6.07, 6.45) is 4.94. The van der Waals surface area contributed by atoms with E-state index >= 15 is 0 Å². The van der Waals surface area contributed by atoms with Gasteiger partial charge < -0.3 is 10.2 Å². The highest BCUT2D eigenvalue weighted by Gasteiger charge is 1.96. The van der Waals surface area contributed by atoms with Crippen LogP contribution in [0.2, 0.25) is 0 Å². The number of rotatable bonds is 6. The summed E-state index contributed by atoms with van der Waals surface area (Å²) in [6.45, 7) is 4.81. The van der Waals surface area contributed by atoms with Gasteiger partial charge in [0, 0.05) is 0 Å². The van der Waals surface area contributed by atoms with Gasteiger partial charge in [0.05, 0.1) is 6.54 Å². The third-order valence-electron chi connectivity index (χ3n) is 2.15. The van der Waals surface area contributed by atoms with Gasteiger partial charge in [-0.2, -0.15) is 0 Å². The van der Waals surface area contributed by atoms with Crippen molar-refractivity contribution >= 4 is 0 Å². The maximum absolute atomic E-state index is 5.46. The molecule has 0 amide bonds. The van der Waals surface area contributed by atoms with E-state index in [1.165, 1.54) is 0 Å². The lowest BCUT2D eigenvalue weighted by atomic mass is 10.2. The predicted molar refractivity (Wildman–Crippen MR) is 65.2 cm³/mol. The van der Waals surface area contributed by atoms with Gasteiger partial charge in [-0.3, -0.25) is 0 Å². The molecule has 17 heavy (non-hydrogen) atoms. The zero-order valence-electron chi connectivity index (χ0n) is 9.41. The van der Waals surface area contributed by atoms with Crippen LogP contribution in [0.1, 0.15) is 5.56 Å². The molecule has 1 aromatic heterocycles. The van der Waals surface area contributed by atoms with Gasteiger partial charge >= 0.3 is 0 Å². The summed E-state index contributed by atoms with van der Waals surface area (Å²) in [5, 5.41) is 7.41. The summed E-state index contributed by atoms with van der Waals surface area (Å²) < 4.78 is 7.16. The first kappa shape index (κ1) is 11.2. The summed E-state index contributed by atoms with van der Waals surface area (Å²) in [7, 11) is 0. The van der Waals surface area contributed by atoms with Crippen molar-refractivity contribution in [3.63, 3.8) is 0 Å². The van der Waals surface area contributed by atoms with Crippen molar-refractivity contribution in [1.82, 2.24) is 14.9 Å². The molecular weight excluding hydrogens is 216 g/mol. The van der Waals surface area contributed by atoms with E-state index in [-0.39, 0.29) is 0 Å². The number of benzene rings is 1. The molecule has 5 heteroatoms. The van der Waals surface area contributed by atoms with Gasteiger partial charge in [0.25, 0.3) is 0 Å². The van der Waals surface area contributed by atoms with Crippen LogP contribution in [-0.2, 0) is 6.54 Å². The van der Waals surface area contributed by atoms with E-state index in [1.807, 2.05) is 24.3 Å². The minimum Gasteiger partial charge on any atom is -0.490 e. The van der Waals surface area contributed by atoms with Crippen LogP contribution in [0.15, 0.2) is 49.6 Å². The molecule has 1 N–H and O–H groups in total. The molecule has 0 bridgehead atoms. The third-order valence-corrected chi connectivity index (χ3v) is 2.15. The van der Waals surface area contributed by atoms with Gasteiger partial charge in [-0.1, -0.05) is 24.8 Å². The lowest BCUT2D eigenvalue weighted by molar-refractivity contribution is 0.363. The number of hydrogen-bond donors (Lipinski definition) is 1. The normalized spacial score (nSPS) is 9.88. The summed E-state index contributed by atoms with van der Waals surface area (Å²) in [4.78, 5) is 0. The molecule has 88 valence electrons. The Morgan fingerprint density at radius 3 is 2.94 bits per heavy atom. The van der Waals surface area contributed by atoms with Crippen LogP contribution in [-0.4, -0.2) is 21.5 Å². The van der Waals surface area contributed by atoms with Crippen LogP contribution in [0.25, 0.3) is 0 Å². The molecule has 0 aliphatic rings. The Morgan fingerprint density at radius 1 is 1.35 bits per heavy atom. The van der Waals surface area contributed by atoms with Crippen LogP contribution in [0.3, 0.4) is 0 Å². The molecule has 0 spiro atoms. The van der Waals surface area contributed by atoms with Crippen molar-refractivity contribution in [3.8, 4) is 5.75 Å². The smallest absolute Gasteiger partial charge is 0.138 e. The van der Waals surface area contributed by atoms with Crippen LogP contribution >= 0.6 is 0 Å². The van der Waals surface area contributed by atoms with E-state index in [2.05, 4.69) is 22.2 Å². The lowest BCUT2D eigenvalue weighted by Crippen LogP contribution is -2.12. The zero-order chi connectivity index (χ0) is 11.9. The van der Waals surface area contributed by atoms with E-state index in [4.69, 9.17) is 4.74 Å². The molecule has 0 atom stereocenters. The molecule has 0 aliphatic carbocycles. The Balaban J connectivity index is 1.93. The van der Waals surface area contributed by atoms with Crippen molar-refractivity contribution < 1.29 is 4.74 Å². The second kappa shape index (κ2) is 5.69. The summed E-state index contributed by atoms with van der Waals surface area (Å²) in [5.41, 5.74) is 4.27. The Bertz CT molecular complexity index is 467. The molecule has 5 nitrogen and oxygen atoms in total. The summed E-state index contributed by atoms with van der Waals surface area (Å²) in [5.74, 6) is 0.841. The van der Waals surface area contributed by atoms with Crippen LogP contribution in [0.5, 0.6) is 5.75 Å². The largest absolute Gasteiger partial charge is 0.490 e. The maximum atomic E-state index is 5.46. The van der Waals surface area contributed by atoms with Gasteiger partial charge in [-0.25, -0.2) is 4.68 Å². The molecule has 1 aromatic carbocycles. The lowest BCUT2D eigenvalue weighted by Gasteiger charge is -2.08. The molecule has 0 fully saturated rings. The number of nitrogens with zero attached hydrogens (tertiary/aromatic N) is 3. The predicted octanol–water partition coefficient (Wildman–Crippen LogP) is 1.59. The summed E-state index contributed by atoms with van der Waals surface area (Å²) in [6, 6.07) is 7.90. The van der Waals surface area contributed by atoms with Crippen molar-refractivity contribution in [2.24, 2.45) is 0 Å². The third kappa shape index (κ3) is 3.34. The van der Waals surface area contributed by atoms with Crippen LogP contribution in [0, 0.1) is 0 Å². The van der Waals surface area contributed by atoms with Crippen LogP contribution < -0.4 is 10.2 Å². The Hall–Kier alpha value is -2.30. The molecule has 2 rings (SSSR count). The number of ether oxygens (including phenoxy) is 1. The SMILES string of the molecule is C=CCOc1cccc(CNn2cnnc2)c1. The highest BCUT2D eigenvalue weighted by atomic mass is 16.5. The van der Waals surface area contributed by atoms with Gasteiger partial charge in [0.1, 0.15) is 25.0 Å². The average Bonchev–Trinajstić information content (AvgIpc) is 2.87. The molecule has 1 heterocycles. The van der Waals surface area contributed by atoms with E-state index in [0.717, 1.165) is 11.3 Å². The second-order valence-electron chi connectivity index (χ2n) is 3.45. The van der Waals surface area contributed by atoms with E-state index in [0.29, 0.717) is 13.2 Å². The monoisotopic (exact) mass is 230 g/mol. The highest BCUT2D eigenvalue weighted by Crippen LogP contribution is 2.13. The fraction of sp³-hybridized carbons (Fsp3) is 0.167. The molecule has 0 unspecified atom stereocenters. The first-order valence-corrected chi connectivity index (χ1v) is 5.29. The van der Waals surface area contributed by atoms with Crippen molar-refractivity contribution in [3.05, 3.63) is 55.1 Å². The van der Waals surface area contributed by atoms with Gasteiger partial charge in [0.2, 0.25) is 0 Å². The zero-order valence-corrected chi connectivity index (χ0v) is 9.41. The molecule has 0 saturated carbocycles. The van der Waals surface area contributed by atoms with Gasteiger partial charge in [0.15, 0.2) is 0 Å².